The second-order valence-electron chi connectivity index (χ2n) is 7.77. The molecule has 4 rings (SSSR count). The zero-order valence-electron chi connectivity index (χ0n) is 16.4. The number of nitrogens with zero attached hydrogens (tertiary/aromatic N) is 3. The highest BCUT2D eigenvalue weighted by Crippen LogP contribution is 2.28. The Morgan fingerprint density at radius 3 is 2.52 bits per heavy atom. The number of nitrogens with one attached hydrogen (secondary N) is 1. The summed E-state index contributed by atoms with van der Waals surface area (Å²) in [6.07, 6.45) is 6.66. The van der Waals surface area contributed by atoms with Crippen molar-refractivity contribution in [2.24, 2.45) is 0 Å². The molecular weight excluding hydrogens is 391 g/mol. The molecule has 2 aliphatic rings. The Balaban J connectivity index is 1.37. The number of carbonyl (C=O) groups is 1. The van der Waals surface area contributed by atoms with Gasteiger partial charge in [-0.25, -0.2) is 9.37 Å². The minimum Gasteiger partial charge on any atom is -0.380 e. The van der Waals surface area contributed by atoms with Crippen molar-refractivity contribution in [2.45, 2.75) is 38.1 Å². The SMILES string of the molecule is O=C(c1cnc(N2CCC(Nc3ccccc3F)CC2)c(Cl)c1)N1CCCCC1. The molecular formula is C22H26ClFN4O. The van der Waals surface area contributed by atoms with Crippen LogP contribution in [0.5, 0.6) is 0 Å². The molecule has 0 atom stereocenters. The highest BCUT2D eigenvalue weighted by Gasteiger charge is 2.24. The van der Waals surface area contributed by atoms with Crippen molar-refractivity contribution in [2.75, 3.05) is 36.4 Å². The van der Waals surface area contributed by atoms with E-state index in [9.17, 15) is 9.18 Å². The molecule has 2 saturated heterocycles. The number of likely N-dealkylation sites (tertiary alicyclic amines) is 1. The van der Waals surface area contributed by atoms with E-state index in [-0.39, 0.29) is 17.8 Å². The summed E-state index contributed by atoms with van der Waals surface area (Å²) in [5.74, 6) is 0.498. The van der Waals surface area contributed by atoms with Crippen molar-refractivity contribution < 1.29 is 9.18 Å². The van der Waals surface area contributed by atoms with Crippen LogP contribution in [0.2, 0.25) is 5.02 Å². The van der Waals surface area contributed by atoms with Gasteiger partial charge in [0.1, 0.15) is 11.6 Å². The van der Waals surface area contributed by atoms with Crippen LogP contribution in [0.25, 0.3) is 0 Å². The first-order valence-corrected chi connectivity index (χ1v) is 10.7. The summed E-state index contributed by atoms with van der Waals surface area (Å²) in [6, 6.07) is 8.70. The summed E-state index contributed by atoms with van der Waals surface area (Å²) in [4.78, 5) is 21.2. The van der Waals surface area contributed by atoms with E-state index in [0.717, 1.165) is 51.9 Å². The molecule has 0 radical (unpaired) electrons. The molecule has 0 aliphatic carbocycles. The summed E-state index contributed by atoms with van der Waals surface area (Å²) >= 11 is 6.49. The molecule has 1 amide bonds. The number of amides is 1. The highest BCUT2D eigenvalue weighted by atomic mass is 35.5. The van der Waals surface area contributed by atoms with Gasteiger partial charge in [-0.3, -0.25) is 4.79 Å². The number of halogens is 2. The Morgan fingerprint density at radius 2 is 1.83 bits per heavy atom. The van der Waals surface area contributed by atoms with Crippen LogP contribution >= 0.6 is 11.6 Å². The van der Waals surface area contributed by atoms with Gasteiger partial charge in [-0.2, -0.15) is 0 Å². The number of piperidine rings is 2. The fourth-order valence-corrected chi connectivity index (χ4v) is 4.38. The van der Waals surface area contributed by atoms with E-state index in [2.05, 4.69) is 15.2 Å². The number of benzene rings is 1. The largest absolute Gasteiger partial charge is 0.380 e. The van der Waals surface area contributed by atoms with Gasteiger partial charge in [0.15, 0.2) is 0 Å². The average molecular weight is 417 g/mol. The molecule has 7 heteroatoms. The van der Waals surface area contributed by atoms with Crippen LogP contribution in [0.1, 0.15) is 42.5 Å². The molecule has 2 aromatic rings. The molecule has 29 heavy (non-hydrogen) atoms. The summed E-state index contributed by atoms with van der Waals surface area (Å²) in [7, 11) is 0. The van der Waals surface area contributed by atoms with E-state index in [1.54, 1.807) is 24.4 Å². The van der Waals surface area contributed by atoms with Crippen LogP contribution in [0, 0.1) is 5.82 Å². The van der Waals surface area contributed by atoms with Gasteiger partial charge in [-0.05, 0) is 50.3 Å². The third-order valence-corrected chi connectivity index (χ3v) is 6.02. The topological polar surface area (TPSA) is 48.5 Å². The third-order valence-electron chi connectivity index (χ3n) is 5.74. The number of pyridine rings is 1. The maximum atomic E-state index is 13.8. The Kier molecular flexibility index (Phi) is 6.19. The van der Waals surface area contributed by atoms with Gasteiger partial charge < -0.3 is 15.1 Å². The quantitative estimate of drug-likeness (QED) is 0.792. The normalized spacial score (nSPS) is 18.0. The summed E-state index contributed by atoms with van der Waals surface area (Å²) in [5, 5.41) is 3.80. The van der Waals surface area contributed by atoms with Crippen molar-refractivity contribution in [1.29, 1.82) is 0 Å². The number of aromatic nitrogens is 1. The maximum absolute atomic E-state index is 13.8. The van der Waals surface area contributed by atoms with Gasteiger partial charge >= 0.3 is 0 Å². The van der Waals surface area contributed by atoms with Gasteiger partial charge in [0.2, 0.25) is 0 Å². The van der Waals surface area contributed by atoms with Crippen LogP contribution in [0.15, 0.2) is 36.5 Å². The van der Waals surface area contributed by atoms with Gasteiger partial charge in [0, 0.05) is 38.4 Å². The Labute approximate surface area is 175 Å². The average Bonchev–Trinajstić information content (AvgIpc) is 2.76. The molecule has 5 nitrogen and oxygen atoms in total. The smallest absolute Gasteiger partial charge is 0.255 e. The lowest BCUT2D eigenvalue weighted by atomic mass is 10.0. The summed E-state index contributed by atoms with van der Waals surface area (Å²) < 4.78 is 13.8. The Hall–Kier alpha value is -2.34. The predicted octanol–water partition coefficient (Wildman–Crippen LogP) is 4.58. The summed E-state index contributed by atoms with van der Waals surface area (Å²) in [5.41, 5.74) is 1.10. The van der Waals surface area contributed by atoms with Crippen molar-refractivity contribution in [3.8, 4) is 0 Å². The molecule has 154 valence electrons. The number of para-hydroxylation sites is 1. The standard InChI is InChI=1S/C22H26ClFN4O/c23-18-14-16(22(29)28-10-4-1-5-11-28)15-25-21(18)27-12-8-17(9-13-27)26-20-7-3-2-6-19(20)24/h2-3,6-7,14-15,17,26H,1,4-5,8-13H2. The fourth-order valence-electron chi connectivity index (χ4n) is 4.09. The van der Waals surface area contributed by atoms with E-state index < -0.39 is 0 Å². The van der Waals surface area contributed by atoms with Crippen LogP contribution in [-0.2, 0) is 0 Å². The molecule has 2 aliphatic heterocycles. The van der Waals surface area contributed by atoms with Crippen LogP contribution in [-0.4, -0.2) is 48.0 Å². The minimum atomic E-state index is -0.228. The van der Waals surface area contributed by atoms with Crippen molar-refractivity contribution in [3.05, 3.63) is 52.9 Å². The number of hydrogen-bond donors (Lipinski definition) is 1. The lowest BCUT2D eigenvalue weighted by Crippen LogP contribution is -2.40. The fraction of sp³-hybridized carbons (Fsp3) is 0.455. The zero-order chi connectivity index (χ0) is 20.2. The minimum absolute atomic E-state index is 0.0124. The van der Waals surface area contributed by atoms with Crippen LogP contribution in [0.3, 0.4) is 0 Å². The molecule has 0 spiro atoms. The third kappa shape index (κ3) is 4.64. The predicted molar refractivity (Wildman–Crippen MR) is 114 cm³/mol. The first-order chi connectivity index (χ1) is 14.1. The summed E-state index contributed by atoms with van der Waals surface area (Å²) in [6.45, 7) is 3.16. The molecule has 3 heterocycles. The van der Waals surface area contributed by atoms with Crippen molar-refractivity contribution in [1.82, 2.24) is 9.88 Å². The maximum Gasteiger partial charge on any atom is 0.255 e. The van der Waals surface area contributed by atoms with Crippen LogP contribution < -0.4 is 10.2 Å². The van der Waals surface area contributed by atoms with Gasteiger partial charge in [-0.1, -0.05) is 23.7 Å². The molecule has 1 aromatic carbocycles. The van der Waals surface area contributed by atoms with E-state index in [0.29, 0.717) is 22.1 Å². The van der Waals surface area contributed by atoms with Crippen molar-refractivity contribution >= 4 is 29.0 Å². The Morgan fingerprint density at radius 1 is 1.10 bits per heavy atom. The monoisotopic (exact) mass is 416 g/mol. The number of hydrogen-bond acceptors (Lipinski definition) is 4. The van der Waals surface area contributed by atoms with Gasteiger partial charge in [-0.15, -0.1) is 0 Å². The molecule has 1 N–H and O–H groups in total. The van der Waals surface area contributed by atoms with E-state index >= 15 is 0 Å². The molecule has 0 saturated carbocycles. The van der Waals surface area contributed by atoms with Gasteiger partial charge in [0.25, 0.3) is 5.91 Å². The van der Waals surface area contributed by atoms with E-state index in [1.165, 1.54) is 12.5 Å². The first kappa shape index (κ1) is 20.0. The number of rotatable bonds is 4. The lowest BCUT2D eigenvalue weighted by molar-refractivity contribution is 0.0724. The lowest BCUT2D eigenvalue weighted by Gasteiger charge is -2.34. The van der Waals surface area contributed by atoms with Gasteiger partial charge in [0.05, 0.1) is 16.3 Å². The second-order valence-corrected chi connectivity index (χ2v) is 8.17. The number of carbonyl (C=O) groups excluding carboxylic acids is 1. The second kappa shape index (κ2) is 8.99. The first-order valence-electron chi connectivity index (χ1n) is 10.3. The molecule has 2 fully saturated rings. The number of anilines is 2. The molecule has 0 bridgehead atoms. The Bertz CT molecular complexity index is 864. The van der Waals surface area contributed by atoms with Crippen LogP contribution in [0.4, 0.5) is 15.9 Å². The molecule has 1 aromatic heterocycles. The van der Waals surface area contributed by atoms with E-state index in [4.69, 9.17) is 11.6 Å². The van der Waals surface area contributed by atoms with E-state index in [1.807, 2.05) is 11.0 Å². The zero-order valence-corrected chi connectivity index (χ0v) is 17.2. The molecule has 0 unspecified atom stereocenters. The van der Waals surface area contributed by atoms with Crippen molar-refractivity contribution in [3.63, 3.8) is 0 Å². The highest BCUT2D eigenvalue weighted by molar-refractivity contribution is 6.33.